The summed E-state index contributed by atoms with van der Waals surface area (Å²) in [4.78, 5) is 25.7. The van der Waals surface area contributed by atoms with Crippen molar-refractivity contribution in [3.8, 4) is 0 Å². The van der Waals surface area contributed by atoms with E-state index in [1.54, 1.807) is 17.0 Å². The first-order valence-corrected chi connectivity index (χ1v) is 7.72. The molecule has 0 saturated carbocycles. The number of halogens is 1. The first kappa shape index (κ1) is 15.6. The molecule has 2 aromatic carbocycles. The van der Waals surface area contributed by atoms with Crippen LogP contribution >= 0.6 is 11.6 Å². The van der Waals surface area contributed by atoms with Gasteiger partial charge in [-0.25, -0.2) is 4.79 Å². The predicted octanol–water partition coefficient (Wildman–Crippen LogP) is 2.99. The molecule has 1 heterocycles. The highest BCUT2D eigenvalue weighted by molar-refractivity contribution is 6.32. The average Bonchev–Trinajstić information content (AvgIpc) is 2.60. The topological polar surface area (TPSA) is 46.6 Å². The molecule has 1 amide bonds. The molecule has 23 heavy (non-hydrogen) atoms. The van der Waals surface area contributed by atoms with Gasteiger partial charge in [-0.2, -0.15) is 0 Å². The monoisotopic (exact) mass is 329 g/mol. The number of carbonyl (C=O) groups is 2. The van der Waals surface area contributed by atoms with Gasteiger partial charge in [0.15, 0.2) is 0 Å². The van der Waals surface area contributed by atoms with E-state index < -0.39 is 11.9 Å². The zero-order chi connectivity index (χ0) is 16.4. The van der Waals surface area contributed by atoms with Crippen molar-refractivity contribution in [1.82, 2.24) is 4.90 Å². The first-order valence-electron chi connectivity index (χ1n) is 7.34. The van der Waals surface area contributed by atoms with Crippen molar-refractivity contribution in [2.45, 2.75) is 12.5 Å². The first-order chi connectivity index (χ1) is 11.1. The number of carbonyl (C=O) groups excluding carboxylic acids is 2. The predicted molar refractivity (Wildman–Crippen MR) is 87.2 cm³/mol. The number of ether oxygens (including phenoxy) is 1. The number of nitrogens with zero attached hydrogens (tertiary/aromatic N) is 1. The second-order valence-corrected chi connectivity index (χ2v) is 5.83. The third-order valence-electron chi connectivity index (χ3n) is 4.09. The summed E-state index contributed by atoms with van der Waals surface area (Å²) in [6, 6.07) is 15.0. The fourth-order valence-corrected chi connectivity index (χ4v) is 3.12. The number of esters is 1. The van der Waals surface area contributed by atoms with E-state index in [-0.39, 0.29) is 6.04 Å². The Hall–Kier alpha value is -2.33. The lowest BCUT2D eigenvalue weighted by molar-refractivity contribution is -0.159. The molecule has 1 atom stereocenters. The van der Waals surface area contributed by atoms with E-state index in [9.17, 15) is 9.59 Å². The van der Waals surface area contributed by atoms with Gasteiger partial charge in [0, 0.05) is 11.6 Å². The van der Waals surface area contributed by atoms with Gasteiger partial charge in [-0.15, -0.1) is 0 Å². The molecule has 0 fully saturated rings. The maximum Gasteiger partial charge on any atom is 0.396 e. The van der Waals surface area contributed by atoms with Crippen molar-refractivity contribution >= 4 is 23.5 Å². The standard InChI is InChI=1S/C18H16ClNO3/c1-23-18(22)17(21)20-11-10-12-4-2-3-5-15(12)16(20)13-6-8-14(19)9-7-13/h2-9,16H,10-11H2,1H3. The fraction of sp³-hybridized carbons (Fsp3) is 0.222. The summed E-state index contributed by atoms with van der Waals surface area (Å²) in [6.07, 6.45) is 0.711. The molecule has 0 spiro atoms. The summed E-state index contributed by atoms with van der Waals surface area (Å²) in [7, 11) is 1.22. The maximum atomic E-state index is 12.4. The number of rotatable bonds is 1. The summed E-state index contributed by atoms with van der Waals surface area (Å²) in [5.41, 5.74) is 3.12. The molecule has 0 bridgehead atoms. The Balaban J connectivity index is 2.08. The molecule has 0 saturated heterocycles. The highest BCUT2D eigenvalue weighted by atomic mass is 35.5. The van der Waals surface area contributed by atoms with E-state index in [1.807, 2.05) is 30.3 Å². The van der Waals surface area contributed by atoms with Gasteiger partial charge in [0.05, 0.1) is 13.2 Å². The molecular formula is C18H16ClNO3. The van der Waals surface area contributed by atoms with E-state index in [1.165, 1.54) is 12.7 Å². The van der Waals surface area contributed by atoms with Crippen molar-refractivity contribution in [2.75, 3.05) is 13.7 Å². The highest BCUT2D eigenvalue weighted by Crippen LogP contribution is 2.35. The molecule has 5 heteroatoms. The van der Waals surface area contributed by atoms with Gasteiger partial charge in [0.25, 0.3) is 0 Å². The lowest BCUT2D eigenvalue weighted by atomic mass is 9.88. The lowest BCUT2D eigenvalue weighted by Crippen LogP contribution is -2.44. The number of hydrogen-bond acceptors (Lipinski definition) is 3. The number of fused-ring (bicyclic) bond motifs is 1. The smallest absolute Gasteiger partial charge is 0.396 e. The average molecular weight is 330 g/mol. The summed E-state index contributed by atoms with van der Waals surface area (Å²) in [6.45, 7) is 0.470. The molecular weight excluding hydrogens is 314 g/mol. The molecule has 0 aromatic heterocycles. The molecule has 1 aliphatic rings. The van der Waals surface area contributed by atoms with Gasteiger partial charge in [0.1, 0.15) is 0 Å². The fourth-order valence-electron chi connectivity index (χ4n) is 2.99. The number of amides is 1. The second kappa shape index (κ2) is 6.42. The minimum Gasteiger partial charge on any atom is -0.462 e. The molecule has 2 aromatic rings. The van der Waals surface area contributed by atoms with E-state index in [2.05, 4.69) is 10.8 Å². The Kier molecular flexibility index (Phi) is 4.35. The van der Waals surface area contributed by atoms with Crippen LogP contribution in [0.25, 0.3) is 0 Å². The van der Waals surface area contributed by atoms with Crippen LogP contribution in [0.1, 0.15) is 22.7 Å². The number of benzene rings is 2. The van der Waals surface area contributed by atoms with Crippen molar-refractivity contribution in [1.29, 1.82) is 0 Å². The van der Waals surface area contributed by atoms with Gasteiger partial charge in [-0.05, 0) is 35.2 Å². The molecule has 4 nitrogen and oxygen atoms in total. The lowest BCUT2D eigenvalue weighted by Gasteiger charge is -2.37. The normalized spacial score (nSPS) is 16.6. The summed E-state index contributed by atoms with van der Waals surface area (Å²) in [5.74, 6) is -1.47. The Labute approximate surface area is 139 Å². The summed E-state index contributed by atoms with van der Waals surface area (Å²) >= 11 is 5.97. The quantitative estimate of drug-likeness (QED) is 0.597. The van der Waals surface area contributed by atoms with Crippen molar-refractivity contribution in [2.24, 2.45) is 0 Å². The van der Waals surface area contributed by atoms with Crippen LogP contribution in [0.3, 0.4) is 0 Å². The summed E-state index contributed by atoms with van der Waals surface area (Å²) in [5, 5.41) is 0.628. The largest absolute Gasteiger partial charge is 0.462 e. The second-order valence-electron chi connectivity index (χ2n) is 5.39. The van der Waals surface area contributed by atoms with E-state index >= 15 is 0 Å². The van der Waals surface area contributed by atoms with E-state index in [0.717, 1.165) is 11.1 Å². The molecule has 3 rings (SSSR count). The van der Waals surface area contributed by atoms with Crippen LogP contribution in [0.5, 0.6) is 0 Å². The third-order valence-corrected chi connectivity index (χ3v) is 4.34. The Morgan fingerprint density at radius 2 is 1.83 bits per heavy atom. The minimum absolute atomic E-state index is 0.316. The van der Waals surface area contributed by atoms with Gasteiger partial charge < -0.3 is 9.64 Å². The van der Waals surface area contributed by atoms with Gasteiger partial charge >= 0.3 is 11.9 Å². The van der Waals surface area contributed by atoms with Crippen molar-refractivity contribution in [3.05, 3.63) is 70.2 Å². The van der Waals surface area contributed by atoms with Gasteiger partial charge in [-0.3, -0.25) is 4.79 Å². The van der Waals surface area contributed by atoms with Crippen LogP contribution in [-0.4, -0.2) is 30.4 Å². The van der Waals surface area contributed by atoms with E-state index in [4.69, 9.17) is 11.6 Å². The Bertz CT molecular complexity index is 742. The van der Waals surface area contributed by atoms with Crippen LogP contribution in [0.15, 0.2) is 48.5 Å². The van der Waals surface area contributed by atoms with Crippen LogP contribution in [0.4, 0.5) is 0 Å². The molecule has 118 valence electrons. The minimum atomic E-state index is -0.844. The zero-order valence-corrected chi connectivity index (χ0v) is 13.4. The van der Waals surface area contributed by atoms with Crippen LogP contribution < -0.4 is 0 Å². The zero-order valence-electron chi connectivity index (χ0n) is 12.7. The van der Waals surface area contributed by atoms with Gasteiger partial charge in [0.2, 0.25) is 0 Å². The Morgan fingerprint density at radius 3 is 2.52 bits per heavy atom. The van der Waals surface area contributed by atoms with E-state index in [0.29, 0.717) is 18.0 Å². The van der Waals surface area contributed by atoms with Crippen LogP contribution in [0.2, 0.25) is 5.02 Å². The molecule has 0 radical (unpaired) electrons. The molecule has 0 aliphatic carbocycles. The van der Waals surface area contributed by atoms with Crippen molar-refractivity contribution < 1.29 is 14.3 Å². The highest BCUT2D eigenvalue weighted by Gasteiger charge is 2.35. The Morgan fingerprint density at radius 1 is 1.13 bits per heavy atom. The van der Waals surface area contributed by atoms with Crippen LogP contribution in [0, 0.1) is 0 Å². The van der Waals surface area contributed by atoms with Gasteiger partial charge in [-0.1, -0.05) is 48.0 Å². The SMILES string of the molecule is COC(=O)C(=O)N1CCc2ccccc2C1c1ccc(Cl)cc1. The maximum absolute atomic E-state index is 12.4. The third kappa shape index (κ3) is 2.94. The van der Waals surface area contributed by atoms with Crippen LogP contribution in [-0.2, 0) is 20.7 Å². The van der Waals surface area contributed by atoms with Crippen molar-refractivity contribution in [3.63, 3.8) is 0 Å². The number of methoxy groups -OCH3 is 1. The molecule has 1 unspecified atom stereocenters. The molecule has 0 N–H and O–H groups in total. The molecule has 1 aliphatic heterocycles. The number of hydrogen-bond donors (Lipinski definition) is 0. The summed E-state index contributed by atoms with van der Waals surface area (Å²) < 4.78 is 4.61.